The van der Waals surface area contributed by atoms with E-state index in [0.29, 0.717) is 31.0 Å². The summed E-state index contributed by atoms with van der Waals surface area (Å²) in [5.41, 5.74) is 1.92. The minimum atomic E-state index is -0.0304. The van der Waals surface area contributed by atoms with Gasteiger partial charge < -0.3 is 9.80 Å². The molecular weight excluding hydrogens is 336 g/mol. The Kier molecular flexibility index (Phi) is 7.02. The van der Waals surface area contributed by atoms with Crippen LogP contribution in [0.25, 0.3) is 0 Å². The van der Waals surface area contributed by atoms with Gasteiger partial charge in [0.15, 0.2) is 0 Å². The molecular formula is C20H23ClN2O2. The van der Waals surface area contributed by atoms with Crippen LogP contribution in [0, 0.1) is 0 Å². The molecule has 0 fully saturated rings. The first-order valence-electron chi connectivity index (χ1n) is 8.29. The highest BCUT2D eigenvalue weighted by Crippen LogP contribution is 2.13. The molecule has 2 amide bonds. The predicted molar refractivity (Wildman–Crippen MR) is 102 cm³/mol. The van der Waals surface area contributed by atoms with Crippen LogP contribution in [0.2, 0.25) is 5.02 Å². The normalized spacial score (nSPS) is 10.4. The van der Waals surface area contributed by atoms with Gasteiger partial charge in [0.25, 0.3) is 0 Å². The van der Waals surface area contributed by atoms with Crippen molar-refractivity contribution in [1.82, 2.24) is 4.90 Å². The van der Waals surface area contributed by atoms with Gasteiger partial charge in [-0.05, 0) is 36.2 Å². The van der Waals surface area contributed by atoms with Gasteiger partial charge in [-0.1, -0.05) is 41.9 Å². The first-order valence-corrected chi connectivity index (χ1v) is 8.66. The van der Waals surface area contributed by atoms with Crippen LogP contribution in [0.5, 0.6) is 0 Å². The van der Waals surface area contributed by atoms with E-state index in [1.165, 1.54) is 6.92 Å². The molecule has 0 N–H and O–H groups in total. The average Bonchev–Trinajstić information content (AvgIpc) is 2.61. The first-order chi connectivity index (χ1) is 12.0. The van der Waals surface area contributed by atoms with Crippen LogP contribution >= 0.6 is 11.6 Å². The second-order valence-electron chi connectivity index (χ2n) is 5.92. The van der Waals surface area contributed by atoms with Crippen LogP contribution in [0.4, 0.5) is 5.69 Å². The Labute approximate surface area is 154 Å². The highest BCUT2D eigenvalue weighted by atomic mass is 35.5. The third-order valence-electron chi connectivity index (χ3n) is 4.12. The zero-order valence-electron chi connectivity index (χ0n) is 14.6. The van der Waals surface area contributed by atoms with E-state index >= 15 is 0 Å². The highest BCUT2D eigenvalue weighted by molar-refractivity contribution is 6.30. The molecule has 0 unspecified atom stereocenters. The molecule has 2 aromatic carbocycles. The molecule has 4 nitrogen and oxygen atoms in total. The average molecular weight is 359 g/mol. The number of rotatable bonds is 7. The zero-order valence-corrected chi connectivity index (χ0v) is 15.4. The molecule has 0 heterocycles. The molecule has 2 rings (SSSR count). The van der Waals surface area contributed by atoms with Crippen LogP contribution in [-0.4, -0.2) is 36.9 Å². The smallest absolute Gasteiger partial charge is 0.228 e. The number of nitrogens with zero attached hydrogens (tertiary/aromatic N) is 2. The van der Waals surface area contributed by atoms with Gasteiger partial charge in [-0.2, -0.15) is 0 Å². The molecule has 132 valence electrons. The second-order valence-corrected chi connectivity index (χ2v) is 6.36. The maximum Gasteiger partial charge on any atom is 0.228 e. The minimum absolute atomic E-state index is 0.0137. The zero-order chi connectivity index (χ0) is 18.2. The first kappa shape index (κ1) is 19.0. The summed E-state index contributed by atoms with van der Waals surface area (Å²) in [6.07, 6.45) is 1.00. The van der Waals surface area contributed by atoms with E-state index in [-0.39, 0.29) is 11.8 Å². The van der Waals surface area contributed by atoms with Gasteiger partial charge in [-0.3, -0.25) is 9.59 Å². The second kappa shape index (κ2) is 9.23. The maximum absolute atomic E-state index is 12.4. The van der Waals surface area contributed by atoms with Crippen molar-refractivity contribution < 1.29 is 9.59 Å². The molecule has 0 aromatic heterocycles. The lowest BCUT2D eigenvalue weighted by Gasteiger charge is -2.23. The summed E-state index contributed by atoms with van der Waals surface area (Å²) in [4.78, 5) is 27.5. The summed E-state index contributed by atoms with van der Waals surface area (Å²) in [6, 6.07) is 17.1. The van der Waals surface area contributed by atoms with Crippen molar-refractivity contribution in [3.8, 4) is 0 Å². The molecule has 0 atom stereocenters. The molecule has 0 aliphatic carbocycles. The number of carbonyl (C=O) groups is 2. The molecule has 5 heteroatoms. The number of amides is 2. The number of benzene rings is 2. The quantitative estimate of drug-likeness (QED) is 0.755. The molecule has 2 aromatic rings. The van der Waals surface area contributed by atoms with Crippen molar-refractivity contribution in [3.63, 3.8) is 0 Å². The molecule has 0 aliphatic rings. The Morgan fingerprint density at radius 1 is 1.00 bits per heavy atom. The summed E-state index contributed by atoms with van der Waals surface area (Å²) in [5, 5.41) is 0.687. The lowest BCUT2D eigenvalue weighted by molar-refractivity contribution is -0.129. The number of para-hydroxylation sites is 1. The predicted octanol–water partition coefficient (Wildman–Crippen LogP) is 3.78. The molecule has 0 spiro atoms. The van der Waals surface area contributed by atoms with Gasteiger partial charge in [0, 0.05) is 44.2 Å². The van der Waals surface area contributed by atoms with Gasteiger partial charge in [0.1, 0.15) is 0 Å². The number of halogens is 1. The van der Waals surface area contributed by atoms with E-state index in [9.17, 15) is 9.59 Å². The Balaban J connectivity index is 1.88. The molecule has 0 radical (unpaired) electrons. The Morgan fingerprint density at radius 2 is 1.72 bits per heavy atom. The SMILES string of the molecule is CC(=O)N(CCC(=O)N(C)c1ccccc1)CCc1cccc(Cl)c1. The number of anilines is 1. The van der Waals surface area contributed by atoms with Gasteiger partial charge >= 0.3 is 0 Å². The number of hydrogen-bond acceptors (Lipinski definition) is 2. The maximum atomic E-state index is 12.4. The van der Waals surface area contributed by atoms with E-state index in [1.54, 1.807) is 16.8 Å². The highest BCUT2D eigenvalue weighted by Gasteiger charge is 2.15. The fraction of sp³-hybridized carbons (Fsp3) is 0.300. The Hall–Kier alpha value is -2.33. The summed E-state index contributed by atoms with van der Waals surface area (Å²) >= 11 is 5.99. The fourth-order valence-corrected chi connectivity index (χ4v) is 2.79. The summed E-state index contributed by atoms with van der Waals surface area (Å²) in [7, 11) is 1.75. The van der Waals surface area contributed by atoms with Crippen molar-refractivity contribution in [2.75, 3.05) is 25.0 Å². The summed E-state index contributed by atoms with van der Waals surface area (Å²) < 4.78 is 0. The van der Waals surface area contributed by atoms with Crippen molar-refractivity contribution >= 4 is 29.1 Å². The van der Waals surface area contributed by atoms with E-state index in [0.717, 1.165) is 11.3 Å². The molecule has 0 bridgehead atoms. The van der Waals surface area contributed by atoms with E-state index in [1.807, 2.05) is 54.6 Å². The van der Waals surface area contributed by atoms with Crippen LogP contribution < -0.4 is 4.90 Å². The largest absolute Gasteiger partial charge is 0.342 e. The molecule has 25 heavy (non-hydrogen) atoms. The van der Waals surface area contributed by atoms with Gasteiger partial charge in [0.05, 0.1) is 0 Å². The Morgan fingerprint density at radius 3 is 2.36 bits per heavy atom. The van der Waals surface area contributed by atoms with Gasteiger partial charge in [-0.15, -0.1) is 0 Å². The topological polar surface area (TPSA) is 40.6 Å². The van der Waals surface area contributed by atoms with Crippen LogP contribution in [0.15, 0.2) is 54.6 Å². The van der Waals surface area contributed by atoms with E-state index in [2.05, 4.69) is 0 Å². The fourth-order valence-electron chi connectivity index (χ4n) is 2.58. The van der Waals surface area contributed by atoms with E-state index < -0.39 is 0 Å². The van der Waals surface area contributed by atoms with Crippen LogP contribution in [-0.2, 0) is 16.0 Å². The lowest BCUT2D eigenvalue weighted by atomic mass is 10.1. The number of carbonyl (C=O) groups excluding carboxylic acids is 2. The summed E-state index contributed by atoms with van der Waals surface area (Å²) in [6.45, 7) is 2.51. The van der Waals surface area contributed by atoms with E-state index in [4.69, 9.17) is 11.6 Å². The minimum Gasteiger partial charge on any atom is -0.342 e. The Bertz CT molecular complexity index is 719. The van der Waals surface area contributed by atoms with Crippen molar-refractivity contribution in [3.05, 3.63) is 65.2 Å². The van der Waals surface area contributed by atoms with Gasteiger partial charge in [0.2, 0.25) is 11.8 Å². The van der Waals surface area contributed by atoms with Gasteiger partial charge in [-0.25, -0.2) is 0 Å². The van der Waals surface area contributed by atoms with Crippen molar-refractivity contribution in [2.24, 2.45) is 0 Å². The monoisotopic (exact) mass is 358 g/mol. The third kappa shape index (κ3) is 5.91. The standard InChI is InChI=1S/C20H23ClN2O2/c1-16(24)23(13-11-17-7-6-8-18(21)15-17)14-12-20(25)22(2)19-9-4-3-5-10-19/h3-10,15H,11-14H2,1-2H3. The van der Waals surface area contributed by atoms with Crippen molar-refractivity contribution in [1.29, 1.82) is 0 Å². The van der Waals surface area contributed by atoms with Crippen molar-refractivity contribution in [2.45, 2.75) is 19.8 Å². The molecule has 0 saturated carbocycles. The van der Waals surface area contributed by atoms with Crippen LogP contribution in [0.3, 0.4) is 0 Å². The molecule has 0 saturated heterocycles. The third-order valence-corrected chi connectivity index (χ3v) is 4.35. The van der Waals surface area contributed by atoms with Crippen LogP contribution in [0.1, 0.15) is 18.9 Å². The molecule has 0 aliphatic heterocycles. The lowest BCUT2D eigenvalue weighted by Crippen LogP contribution is -2.35. The summed E-state index contributed by atoms with van der Waals surface area (Å²) in [5.74, 6) is -0.0441. The number of hydrogen-bond donors (Lipinski definition) is 0.